The van der Waals surface area contributed by atoms with Gasteiger partial charge in [0.05, 0.1) is 13.2 Å². The molecule has 29 heavy (non-hydrogen) atoms. The Bertz CT molecular complexity index is 992. The maximum atomic E-state index is 13.4. The van der Waals surface area contributed by atoms with Crippen LogP contribution in [0.4, 0.5) is 9.18 Å². The standard InChI is InChI=1S/C21H20FN3O4/c1-2-9-29-16-7-8-17-13(10-16)11-25(18(17)26)12-21(19(27)23-20(28)24-21)14-3-5-15(22)6-4-14/h3-8,10H,2,9,11-12H2,1H3,(H2,23,24,27,28)/t21-/m0/s1. The number of fused-ring (bicyclic) bond motifs is 1. The van der Waals surface area contributed by atoms with E-state index in [1.807, 2.05) is 13.0 Å². The first-order valence-corrected chi connectivity index (χ1v) is 9.37. The minimum Gasteiger partial charge on any atom is -0.494 e. The van der Waals surface area contributed by atoms with Crippen molar-refractivity contribution in [3.8, 4) is 5.75 Å². The number of benzene rings is 2. The predicted octanol–water partition coefficient (Wildman–Crippen LogP) is 2.31. The Morgan fingerprint density at radius 1 is 1.14 bits per heavy atom. The van der Waals surface area contributed by atoms with Crippen LogP contribution in [0.25, 0.3) is 0 Å². The lowest BCUT2D eigenvalue weighted by molar-refractivity contribution is -0.124. The molecule has 0 saturated carbocycles. The van der Waals surface area contributed by atoms with E-state index in [0.717, 1.165) is 12.0 Å². The summed E-state index contributed by atoms with van der Waals surface area (Å²) in [6, 6.07) is 9.92. The number of carbonyl (C=O) groups is 3. The minimum atomic E-state index is -1.48. The van der Waals surface area contributed by atoms with Crippen LogP contribution in [0.1, 0.15) is 34.8 Å². The van der Waals surface area contributed by atoms with Gasteiger partial charge < -0.3 is 15.0 Å². The van der Waals surface area contributed by atoms with Gasteiger partial charge in [-0.25, -0.2) is 9.18 Å². The second kappa shape index (κ2) is 7.20. The van der Waals surface area contributed by atoms with Gasteiger partial charge in [0.25, 0.3) is 11.8 Å². The van der Waals surface area contributed by atoms with Crippen LogP contribution < -0.4 is 15.4 Å². The van der Waals surface area contributed by atoms with Crippen LogP contribution in [0.15, 0.2) is 42.5 Å². The van der Waals surface area contributed by atoms with E-state index in [1.54, 1.807) is 12.1 Å². The number of imide groups is 1. The maximum Gasteiger partial charge on any atom is 0.322 e. The van der Waals surface area contributed by atoms with E-state index < -0.39 is 23.3 Å². The SMILES string of the molecule is CCCOc1ccc2c(c1)CN(C[C@@]1(c3ccc(F)cc3)NC(=O)NC1=O)C2=O. The molecule has 1 saturated heterocycles. The van der Waals surface area contributed by atoms with Crippen LogP contribution in [0.2, 0.25) is 0 Å². The molecule has 2 aromatic rings. The topological polar surface area (TPSA) is 87.7 Å². The molecule has 2 aliphatic rings. The molecule has 0 unspecified atom stereocenters. The van der Waals surface area contributed by atoms with Crippen molar-refractivity contribution in [1.82, 2.24) is 15.5 Å². The third kappa shape index (κ3) is 3.30. The summed E-state index contributed by atoms with van der Waals surface area (Å²) >= 11 is 0. The lowest BCUT2D eigenvalue weighted by atomic mass is 9.89. The van der Waals surface area contributed by atoms with E-state index in [0.29, 0.717) is 23.5 Å². The molecule has 0 spiro atoms. The minimum absolute atomic E-state index is 0.0745. The summed E-state index contributed by atoms with van der Waals surface area (Å²) in [6.45, 7) is 2.79. The molecule has 0 bridgehead atoms. The number of halogens is 1. The number of hydrogen-bond acceptors (Lipinski definition) is 4. The van der Waals surface area contributed by atoms with Crippen LogP contribution in [-0.2, 0) is 16.9 Å². The van der Waals surface area contributed by atoms with Crippen molar-refractivity contribution in [3.63, 3.8) is 0 Å². The first-order valence-electron chi connectivity index (χ1n) is 9.37. The molecular weight excluding hydrogens is 377 g/mol. The molecule has 1 atom stereocenters. The van der Waals surface area contributed by atoms with Gasteiger partial charge in [-0.05, 0) is 47.9 Å². The van der Waals surface area contributed by atoms with Gasteiger partial charge in [-0.15, -0.1) is 0 Å². The van der Waals surface area contributed by atoms with Gasteiger partial charge in [0.1, 0.15) is 11.6 Å². The number of ether oxygens (including phenoxy) is 1. The molecule has 2 heterocycles. The van der Waals surface area contributed by atoms with E-state index >= 15 is 0 Å². The van der Waals surface area contributed by atoms with E-state index in [4.69, 9.17) is 4.74 Å². The average molecular weight is 397 g/mol. The summed E-state index contributed by atoms with van der Waals surface area (Å²) < 4.78 is 19.0. The number of rotatable bonds is 6. The van der Waals surface area contributed by atoms with Gasteiger partial charge in [0, 0.05) is 12.1 Å². The van der Waals surface area contributed by atoms with E-state index in [2.05, 4.69) is 10.6 Å². The van der Waals surface area contributed by atoms with Crippen LogP contribution in [0.3, 0.4) is 0 Å². The highest BCUT2D eigenvalue weighted by molar-refractivity contribution is 6.08. The summed E-state index contributed by atoms with van der Waals surface area (Å²) in [5.41, 5.74) is 0.248. The molecular formula is C21H20FN3O4. The average Bonchev–Trinajstić information content (AvgIpc) is 3.16. The molecule has 7 nitrogen and oxygen atoms in total. The number of carbonyl (C=O) groups excluding carboxylic acids is 3. The molecule has 0 aromatic heterocycles. The van der Waals surface area contributed by atoms with Gasteiger partial charge >= 0.3 is 6.03 Å². The van der Waals surface area contributed by atoms with E-state index in [1.165, 1.54) is 29.2 Å². The Labute approximate surface area is 166 Å². The molecule has 0 radical (unpaired) electrons. The molecule has 8 heteroatoms. The fraction of sp³-hybridized carbons (Fsp3) is 0.286. The second-order valence-electron chi connectivity index (χ2n) is 7.15. The monoisotopic (exact) mass is 397 g/mol. The Hall–Kier alpha value is -3.42. The number of hydrogen-bond donors (Lipinski definition) is 2. The van der Waals surface area contributed by atoms with Gasteiger partial charge in [0.2, 0.25) is 0 Å². The van der Waals surface area contributed by atoms with Crippen molar-refractivity contribution in [1.29, 1.82) is 0 Å². The Balaban J connectivity index is 1.63. The van der Waals surface area contributed by atoms with E-state index in [-0.39, 0.29) is 19.0 Å². The number of urea groups is 1. The zero-order valence-electron chi connectivity index (χ0n) is 15.8. The van der Waals surface area contributed by atoms with Crippen molar-refractivity contribution >= 4 is 17.8 Å². The summed E-state index contributed by atoms with van der Waals surface area (Å²) in [5, 5.41) is 4.85. The van der Waals surface area contributed by atoms with Crippen molar-refractivity contribution in [2.45, 2.75) is 25.4 Å². The molecule has 4 amide bonds. The number of nitrogens with one attached hydrogen (secondary N) is 2. The van der Waals surface area contributed by atoms with Crippen molar-refractivity contribution in [2.24, 2.45) is 0 Å². The largest absolute Gasteiger partial charge is 0.494 e. The quantitative estimate of drug-likeness (QED) is 0.733. The van der Waals surface area contributed by atoms with E-state index in [9.17, 15) is 18.8 Å². The molecule has 150 valence electrons. The molecule has 2 aliphatic heterocycles. The number of amides is 4. The van der Waals surface area contributed by atoms with Crippen LogP contribution in [-0.4, -0.2) is 35.9 Å². The molecule has 1 fully saturated rings. The lowest BCUT2D eigenvalue weighted by Gasteiger charge is -2.31. The molecule has 0 aliphatic carbocycles. The lowest BCUT2D eigenvalue weighted by Crippen LogP contribution is -2.52. The van der Waals surface area contributed by atoms with Gasteiger partial charge in [-0.2, -0.15) is 0 Å². The summed E-state index contributed by atoms with van der Waals surface area (Å²) in [6.07, 6.45) is 0.872. The highest BCUT2D eigenvalue weighted by Gasteiger charge is 2.50. The van der Waals surface area contributed by atoms with Crippen LogP contribution in [0.5, 0.6) is 5.75 Å². The zero-order valence-corrected chi connectivity index (χ0v) is 15.8. The normalized spacial score (nSPS) is 20.5. The first kappa shape index (κ1) is 18.9. The maximum absolute atomic E-state index is 13.4. The third-order valence-electron chi connectivity index (χ3n) is 5.14. The Morgan fingerprint density at radius 2 is 1.90 bits per heavy atom. The predicted molar refractivity (Wildman–Crippen MR) is 102 cm³/mol. The Morgan fingerprint density at radius 3 is 2.55 bits per heavy atom. The van der Waals surface area contributed by atoms with Crippen molar-refractivity contribution in [2.75, 3.05) is 13.2 Å². The highest BCUT2D eigenvalue weighted by atomic mass is 19.1. The van der Waals surface area contributed by atoms with Gasteiger partial charge in [0.15, 0.2) is 5.54 Å². The summed E-state index contributed by atoms with van der Waals surface area (Å²) in [5.74, 6) is -0.597. The molecule has 4 rings (SSSR count). The fourth-order valence-electron chi connectivity index (χ4n) is 3.71. The zero-order chi connectivity index (χ0) is 20.6. The van der Waals surface area contributed by atoms with Crippen molar-refractivity contribution in [3.05, 3.63) is 65.0 Å². The summed E-state index contributed by atoms with van der Waals surface area (Å²) in [7, 11) is 0. The van der Waals surface area contributed by atoms with Gasteiger partial charge in [-0.1, -0.05) is 19.1 Å². The van der Waals surface area contributed by atoms with Gasteiger partial charge in [-0.3, -0.25) is 14.9 Å². The first-order chi connectivity index (χ1) is 13.9. The number of nitrogens with zero attached hydrogens (tertiary/aromatic N) is 1. The van der Waals surface area contributed by atoms with Crippen molar-refractivity contribution < 1.29 is 23.5 Å². The second-order valence-corrected chi connectivity index (χ2v) is 7.15. The smallest absolute Gasteiger partial charge is 0.322 e. The third-order valence-corrected chi connectivity index (χ3v) is 5.14. The molecule has 2 aromatic carbocycles. The highest BCUT2D eigenvalue weighted by Crippen LogP contribution is 2.32. The summed E-state index contributed by atoms with van der Waals surface area (Å²) in [4.78, 5) is 39.0. The molecule has 2 N–H and O–H groups in total. The fourth-order valence-corrected chi connectivity index (χ4v) is 3.71. The Kier molecular flexibility index (Phi) is 4.70. The van der Waals surface area contributed by atoms with Crippen LogP contribution in [0, 0.1) is 5.82 Å². The van der Waals surface area contributed by atoms with Crippen LogP contribution >= 0.6 is 0 Å².